The van der Waals surface area contributed by atoms with Gasteiger partial charge in [-0.2, -0.15) is 13.2 Å². The van der Waals surface area contributed by atoms with Crippen molar-refractivity contribution in [3.05, 3.63) is 42.2 Å². The van der Waals surface area contributed by atoms with Crippen LogP contribution in [0.25, 0.3) is 0 Å². The highest BCUT2D eigenvalue weighted by Crippen LogP contribution is 2.31. The van der Waals surface area contributed by atoms with Crippen molar-refractivity contribution < 1.29 is 22.8 Å². The fraction of sp³-hybridized carbons (Fsp3) is 0.429. The lowest BCUT2D eigenvalue weighted by Crippen LogP contribution is -2.40. The SMILES string of the molecule is CCNC(=O)C1CCN(c2cc(SCC(=O)Nc3cccc(C(F)(F)F)c3)ncn2)CC1. The van der Waals surface area contributed by atoms with Gasteiger partial charge in [-0.3, -0.25) is 9.59 Å². The Morgan fingerprint density at radius 3 is 2.62 bits per heavy atom. The number of amides is 2. The van der Waals surface area contributed by atoms with Crippen LogP contribution in [0.4, 0.5) is 24.7 Å². The van der Waals surface area contributed by atoms with Crippen LogP contribution in [-0.4, -0.2) is 47.2 Å². The summed E-state index contributed by atoms with van der Waals surface area (Å²) in [6.07, 6.45) is -1.59. The second-order valence-corrected chi connectivity index (χ2v) is 8.28. The maximum absolute atomic E-state index is 12.8. The number of carbonyl (C=O) groups excluding carboxylic acids is 2. The highest BCUT2D eigenvalue weighted by molar-refractivity contribution is 7.99. The number of alkyl halides is 3. The molecule has 2 amide bonds. The number of piperidine rings is 1. The quantitative estimate of drug-likeness (QED) is 0.478. The zero-order valence-corrected chi connectivity index (χ0v) is 18.3. The first-order chi connectivity index (χ1) is 15.3. The number of carbonyl (C=O) groups is 2. The third-order valence-electron chi connectivity index (χ3n) is 4.99. The van der Waals surface area contributed by atoms with E-state index in [1.54, 1.807) is 6.07 Å². The predicted octanol–water partition coefficient (Wildman–Crippen LogP) is 3.58. The second-order valence-electron chi connectivity index (χ2n) is 7.29. The van der Waals surface area contributed by atoms with Gasteiger partial charge in [-0.15, -0.1) is 0 Å². The molecule has 1 aliphatic heterocycles. The van der Waals surface area contributed by atoms with Gasteiger partial charge >= 0.3 is 6.18 Å². The molecule has 0 spiro atoms. The Labute approximate surface area is 188 Å². The second kappa shape index (κ2) is 10.7. The van der Waals surface area contributed by atoms with Gasteiger partial charge in [0.25, 0.3) is 0 Å². The monoisotopic (exact) mass is 467 g/mol. The van der Waals surface area contributed by atoms with Gasteiger partial charge in [0.15, 0.2) is 0 Å². The van der Waals surface area contributed by atoms with Crippen molar-refractivity contribution in [3.63, 3.8) is 0 Å². The van der Waals surface area contributed by atoms with Crippen molar-refractivity contribution in [2.24, 2.45) is 5.92 Å². The summed E-state index contributed by atoms with van der Waals surface area (Å²) in [6.45, 7) is 3.90. The molecule has 1 fully saturated rings. The van der Waals surface area contributed by atoms with Gasteiger partial charge in [-0.25, -0.2) is 9.97 Å². The highest BCUT2D eigenvalue weighted by atomic mass is 32.2. The van der Waals surface area contributed by atoms with E-state index in [-0.39, 0.29) is 23.3 Å². The molecule has 0 radical (unpaired) electrons. The lowest BCUT2D eigenvalue weighted by Gasteiger charge is -2.32. The minimum Gasteiger partial charge on any atom is -0.356 e. The molecule has 0 saturated carbocycles. The molecule has 0 unspecified atom stereocenters. The summed E-state index contributed by atoms with van der Waals surface area (Å²) >= 11 is 1.17. The average molecular weight is 468 g/mol. The number of thioether (sulfide) groups is 1. The molecule has 0 aliphatic carbocycles. The Bertz CT molecular complexity index is 949. The van der Waals surface area contributed by atoms with Crippen LogP contribution in [0.5, 0.6) is 0 Å². The molecule has 0 bridgehead atoms. The number of hydrogen-bond acceptors (Lipinski definition) is 6. The molecular weight excluding hydrogens is 443 g/mol. The fourth-order valence-corrected chi connectivity index (χ4v) is 4.04. The first-order valence-corrected chi connectivity index (χ1v) is 11.2. The van der Waals surface area contributed by atoms with Crippen molar-refractivity contribution >= 4 is 35.1 Å². The topological polar surface area (TPSA) is 87.2 Å². The number of nitrogens with one attached hydrogen (secondary N) is 2. The number of nitrogens with zero attached hydrogens (tertiary/aromatic N) is 3. The number of benzene rings is 1. The molecule has 0 atom stereocenters. The Morgan fingerprint density at radius 1 is 1.19 bits per heavy atom. The van der Waals surface area contributed by atoms with Crippen LogP contribution in [-0.2, 0) is 15.8 Å². The predicted molar refractivity (Wildman–Crippen MR) is 116 cm³/mol. The third kappa shape index (κ3) is 6.59. The first kappa shape index (κ1) is 23.8. The highest BCUT2D eigenvalue weighted by Gasteiger charge is 2.30. The lowest BCUT2D eigenvalue weighted by molar-refractivity contribution is -0.137. The molecule has 11 heteroatoms. The van der Waals surface area contributed by atoms with Crippen LogP contribution in [0, 0.1) is 5.92 Å². The summed E-state index contributed by atoms with van der Waals surface area (Å²) in [5.74, 6) is 0.359. The molecule has 1 aliphatic rings. The van der Waals surface area contributed by atoms with Crippen LogP contribution in [0.15, 0.2) is 41.7 Å². The summed E-state index contributed by atoms with van der Waals surface area (Å²) in [7, 11) is 0. The number of hydrogen-bond donors (Lipinski definition) is 2. The van der Waals surface area contributed by atoms with Crippen LogP contribution in [0.3, 0.4) is 0 Å². The van der Waals surface area contributed by atoms with Crippen molar-refractivity contribution in [2.45, 2.75) is 31.0 Å². The van der Waals surface area contributed by atoms with E-state index in [0.717, 1.165) is 30.8 Å². The van der Waals surface area contributed by atoms with Crippen LogP contribution in [0.2, 0.25) is 0 Å². The zero-order valence-electron chi connectivity index (χ0n) is 17.5. The Kier molecular flexibility index (Phi) is 7.94. The largest absolute Gasteiger partial charge is 0.416 e. The number of halogens is 3. The molecular formula is C21H24F3N5O2S. The van der Waals surface area contributed by atoms with E-state index in [1.807, 2.05) is 6.92 Å². The van der Waals surface area contributed by atoms with Crippen molar-refractivity contribution in [2.75, 3.05) is 35.6 Å². The molecule has 172 valence electrons. The summed E-state index contributed by atoms with van der Waals surface area (Å²) in [6, 6.07) is 6.28. The Hall–Kier alpha value is -2.82. The summed E-state index contributed by atoms with van der Waals surface area (Å²) in [4.78, 5) is 34.7. The van der Waals surface area contributed by atoms with E-state index >= 15 is 0 Å². The molecule has 1 aromatic heterocycles. The minimum atomic E-state index is -4.47. The maximum Gasteiger partial charge on any atom is 0.416 e. The van der Waals surface area contributed by atoms with Crippen LogP contribution in [0.1, 0.15) is 25.3 Å². The standard InChI is InChI=1S/C21H24F3N5O2S/c1-2-25-20(31)14-6-8-29(9-7-14)17-11-19(27-13-26-17)32-12-18(30)28-16-5-3-4-15(10-16)21(22,23)24/h3-5,10-11,13-14H,2,6-9,12H2,1H3,(H,25,31)(H,28,30). The number of rotatable bonds is 7. The van der Waals surface area contributed by atoms with Gasteiger partial charge in [-0.1, -0.05) is 17.8 Å². The molecule has 7 nitrogen and oxygen atoms in total. The zero-order chi connectivity index (χ0) is 23.1. The first-order valence-electron chi connectivity index (χ1n) is 10.2. The normalized spacial score (nSPS) is 14.8. The van der Waals surface area contributed by atoms with E-state index in [9.17, 15) is 22.8 Å². The van der Waals surface area contributed by atoms with E-state index in [0.29, 0.717) is 24.7 Å². The molecule has 3 rings (SSSR count). The van der Waals surface area contributed by atoms with Gasteiger partial charge in [0.05, 0.1) is 11.3 Å². The molecule has 2 heterocycles. The Morgan fingerprint density at radius 2 is 1.94 bits per heavy atom. The maximum atomic E-state index is 12.8. The summed E-state index contributed by atoms with van der Waals surface area (Å²) < 4.78 is 38.4. The van der Waals surface area contributed by atoms with Crippen LogP contribution >= 0.6 is 11.8 Å². The Balaban J connectivity index is 1.52. The average Bonchev–Trinajstić information content (AvgIpc) is 2.78. The number of aromatic nitrogens is 2. The molecule has 32 heavy (non-hydrogen) atoms. The summed E-state index contributed by atoms with van der Waals surface area (Å²) in [5.41, 5.74) is -0.733. The van der Waals surface area contributed by atoms with E-state index in [4.69, 9.17) is 0 Å². The van der Waals surface area contributed by atoms with E-state index < -0.39 is 17.6 Å². The van der Waals surface area contributed by atoms with Gasteiger partial charge in [0.2, 0.25) is 11.8 Å². The smallest absolute Gasteiger partial charge is 0.356 e. The minimum absolute atomic E-state index is 0.00132. The molecule has 1 aromatic carbocycles. The van der Waals surface area contributed by atoms with Crippen LogP contribution < -0.4 is 15.5 Å². The van der Waals surface area contributed by atoms with E-state index in [2.05, 4.69) is 25.5 Å². The van der Waals surface area contributed by atoms with Crippen molar-refractivity contribution in [1.29, 1.82) is 0 Å². The van der Waals surface area contributed by atoms with Gasteiger partial charge in [-0.05, 0) is 38.0 Å². The fourth-order valence-electron chi connectivity index (χ4n) is 3.38. The van der Waals surface area contributed by atoms with Gasteiger partial charge < -0.3 is 15.5 Å². The van der Waals surface area contributed by atoms with E-state index in [1.165, 1.54) is 30.2 Å². The molecule has 2 N–H and O–H groups in total. The van der Waals surface area contributed by atoms with Crippen molar-refractivity contribution in [1.82, 2.24) is 15.3 Å². The number of anilines is 2. The lowest BCUT2D eigenvalue weighted by atomic mass is 9.96. The molecule has 1 saturated heterocycles. The molecule has 2 aromatic rings. The van der Waals surface area contributed by atoms with Gasteiger partial charge in [0.1, 0.15) is 17.2 Å². The summed E-state index contributed by atoms with van der Waals surface area (Å²) in [5, 5.41) is 5.91. The van der Waals surface area contributed by atoms with Gasteiger partial charge in [0, 0.05) is 37.3 Å². The van der Waals surface area contributed by atoms with Crippen molar-refractivity contribution in [3.8, 4) is 0 Å². The third-order valence-corrected chi connectivity index (χ3v) is 5.92.